The lowest BCUT2D eigenvalue weighted by molar-refractivity contribution is 0.219. The summed E-state index contributed by atoms with van der Waals surface area (Å²) >= 11 is 0. The molecule has 3 aromatic rings. The van der Waals surface area contributed by atoms with Gasteiger partial charge in [0.05, 0.1) is 4.90 Å². The van der Waals surface area contributed by atoms with E-state index in [1.54, 1.807) is 0 Å². The predicted molar refractivity (Wildman–Crippen MR) is 78.7 cm³/mol. The number of tetrazole rings is 1. The Morgan fingerprint density at radius 1 is 1.21 bits per heavy atom. The summed E-state index contributed by atoms with van der Waals surface area (Å²) in [5, 5.41) is 22.2. The molecule has 2 N–H and O–H groups in total. The van der Waals surface area contributed by atoms with Crippen LogP contribution in [0.1, 0.15) is 17.7 Å². The molecule has 0 aliphatic carbocycles. The zero-order valence-corrected chi connectivity index (χ0v) is 12.8. The van der Waals surface area contributed by atoms with Crippen molar-refractivity contribution in [2.45, 2.75) is 16.1 Å². The molecule has 0 bridgehead atoms. The van der Waals surface area contributed by atoms with Crippen molar-refractivity contribution < 1.29 is 22.3 Å². The number of H-pyrrole nitrogens is 1. The average molecular weight is 350 g/mol. The minimum absolute atomic E-state index is 0.0666. The molecular formula is C14H11FN4O4S. The van der Waals surface area contributed by atoms with Crippen molar-refractivity contribution in [2.75, 3.05) is 0 Å². The molecule has 2 heterocycles. The van der Waals surface area contributed by atoms with Crippen LogP contribution in [0.5, 0.6) is 0 Å². The molecule has 1 unspecified atom stereocenters. The lowest BCUT2D eigenvalue weighted by Crippen LogP contribution is -2.00. The summed E-state index contributed by atoms with van der Waals surface area (Å²) in [5.41, 5.74) is 0. The number of hydrogen-bond donors (Lipinski definition) is 2. The summed E-state index contributed by atoms with van der Waals surface area (Å²) in [6.45, 7) is 0. The van der Waals surface area contributed by atoms with Gasteiger partial charge in [0.25, 0.3) is 0 Å². The topological polar surface area (TPSA) is 122 Å². The Labute approximate surface area is 135 Å². The summed E-state index contributed by atoms with van der Waals surface area (Å²) in [5.74, 6) is -0.261. The van der Waals surface area contributed by atoms with Gasteiger partial charge in [-0.05, 0) is 48.6 Å². The molecule has 3 rings (SSSR count). The molecule has 0 fully saturated rings. The smallest absolute Gasteiger partial charge is 0.239 e. The van der Waals surface area contributed by atoms with Crippen molar-refractivity contribution in [3.8, 4) is 0 Å². The summed E-state index contributed by atoms with van der Waals surface area (Å²) in [7, 11) is -3.89. The highest BCUT2D eigenvalue weighted by Crippen LogP contribution is 2.24. The SMILES string of the molecule is O=S(=O)(c1ccc(F)cc1)c1ccc(C=CC(O)c2nn[nH]n2)o1. The van der Waals surface area contributed by atoms with E-state index in [1.165, 1.54) is 24.3 Å². The number of aromatic amines is 1. The molecule has 124 valence electrons. The Balaban J connectivity index is 1.81. The zero-order chi connectivity index (χ0) is 17.2. The summed E-state index contributed by atoms with van der Waals surface area (Å²) in [6, 6.07) is 7.12. The van der Waals surface area contributed by atoms with Gasteiger partial charge in [0, 0.05) is 0 Å². The van der Waals surface area contributed by atoms with E-state index < -0.39 is 21.8 Å². The monoisotopic (exact) mass is 350 g/mol. The molecular weight excluding hydrogens is 339 g/mol. The van der Waals surface area contributed by atoms with Crippen molar-refractivity contribution in [3.05, 3.63) is 59.9 Å². The van der Waals surface area contributed by atoms with Crippen LogP contribution in [0, 0.1) is 5.82 Å². The number of aromatic nitrogens is 4. The van der Waals surface area contributed by atoms with Gasteiger partial charge in [-0.15, -0.1) is 10.2 Å². The molecule has 8 nitrogen and oxygen atoms in total. The minimum atomic E-state index is -3.89. The first-order valence-corrected chi connectivity index (χ1v) is 8.15. The number of furan rings is 1. The molecule has 0 radical (unpaired) electrons. The first kappa shape index (κ1) is 16.0. The Kier molecular flexibility index (Phi) is 4.23. The second kappa shape index (κ2) is 6.34. The molecule has 10 heteroatoms. The number of rotatable bonds is 5. The van der Waals surface area contributed by atoms with Crippen LogP contribution in [-0.4, -0.2) is 34.1 Å². The van der Waals surface area contributed by atoms with Crippen LogP contribution in [0.4, 0.5) is 4.39 Å². The highest BCUT2D eigenvalue weighted by Gasteiger charge is 2.21. The van der Waals surface area contributed by atoms with Crippen LogP contribution in [0.15, 0.2) is 56.9 Å². The number of halogens is 1. The van der Waals surface area contributed by atoms with E-state index in [2.05, 4.69) is 20.6 Å². The fourth-order valence-corrected chi connectivity index (χ4v) is 3.04. The molecule has 0 amide bonds. The lowest BCUT2D eigenvalue weighted by atomic mass is 10.3. The highest BCUT2D eigenvalue weighted by atomic mass is 32.2. The molecule has 0 saturated heterocycles. The minimum Gasteiger partial charge on any atom is -0.445 e. The molecule has 1 aromatic carbocycles. The van der Waals surface area contributed by atoms with E-state index in [1.807, 2.05) is 0 Å². The normalized spacial score (nSPS) is 13.4. The summed E-state index contributed by atoms with van der Waals surface area (Å²) in [4.78, 5) is -0.0828. The molecule has 1 atom stereocenters. The van der Waals surface area contributed by atoms with Crippen LogP contribution in [0.3, 0.4) is 0 Å². The van der Waals surface area contributed by atoms with Crippen LogP contribution < -0.4 is 0 Å². The number of hydrogen-bond acceptors (Lipinski definition) is 7. The zero-order valence-electron chi connectivity index (χ0n) is 12.0. The number of nitrogens with zero attached hydrogens (tertiary/aromatic N) is 3. The number of benzene rings is 1. The molecule has 0 saturated carbocycles. The van der Waals surface area contributed by atoms with Crippen LogP contribution in [-0.2, 0) is 9.84 Å². The Morgan fingerprint density at radius 3 is 2.62 bits per heavy atom. The average Bonchev–Trinajstić information content (AvgIpc) is 3.25. The second-order valence-electron chi connectivity index (χ2n) is 4.69. The first-order chi connectivity index (χ1) is 11.5. The maximum absolute atomic E-state index is 12.9. The summed E-state index contributed by atoms with van der Waals surface area (Å²) in [6.07, 6.45) is 1.58. The quantitative estimate of drug-likeness (QED) is 0.669. The molecule has 2 aromatic heterocycles. The number of nitrogens with one attached hydrogen (secondary N) is 1. The van der Waals surface area contributed by atoms with E-state index >= 15 is 0 Å². The van der Waals surface area contributed by atoms with Crippen molar-refractivity contribution in [2.24, 2.45) is 0 Å². The van der Waals surface area contributed by atoms with Crippen LogP contribution in [0.25, 0.3) is 6.08 Å². The van der Waals surface area contributed by atoms with E-state index in [4.69, 9.17) is 4.42 Å². The Morgan fingerprint density at radius 2 is 1.96 bits per heavy atom. The van der Waals surface area contributed by atoms with Crippen molar-refractivity contribution in [3.63, 3.8) is 0 Å². The molecule has 0 spiro atoms. The molecule has 0 aliphatic rings. The maximum atomic E-state index is 12.9. The van der Waals surface area contributed by atoms with Gasteiger partial charge in [-0.25, -0.2) is 12.8 Å². The third kappa shape index (κ3) is 3.24. The van der Waals surface area contributed by atoms with E-state index in [0.29, 0.717) is 0 Å². The third-order valence-electron chi connectivity index (χ3n) is 3.06. The summed E-state index contributed by atoms with van der Waals surface area (Å²) < 4.78 is 42.9. The van der Waals surface area contributed by atoms with Gasteiger partial charge < -0.3 is 9.52 Å². The van der Waals surface area contributed by atoms with Crippen molar-refractivity contribution in [1.29, 1.82) is 0 Å². The van der Waals surface area contributed by atoms with E-state index in [9.17, 15) is 17.9 Å². The molecule has 24 heavy (non-hydrogen) atoms. The van der Waals surface area contributed by atoms with Gasteiger partial charge in [0.1, 0.15) is 17.7 Å². The van der Waals surface area contributed by atoms with Gasteiger partial charge in [-0.3, -0.25) is 0 Å². The number of sulfone groups is 1. The molecule has 0 aliphatic heterocycles. The Hall–Kier alpha value is -2.85. The van der Waals surface area contributed by atoms with Crippen LogP contribution >= 0.6 is 0 Å². The third-order valence-corrected chi connectivity index (χ3v) is 4.70. The fourth-order valence-electron chi connectivity index (χ4n) is 1.87. The fraction of sp³-hybridized carbons (Fsp3) is 0.0714. The largest absolute Gasteiger partial charge is 0.445 e. The van der Waals surface area contributed by atoms with E-state index in [-0.39, 0.29) is 21.6 Å². The van der Waals surface area contributed by atoms with Crippen LogP contribution in [0.2, 0.25) is 0 Å². The van der Waals surface area contributed by atoms with Crippen molar-refractivity contribution in [1.82, 2.24) is 20.6 Å². The van der Waals surface area contributed by atoms with Gasteiger partial charge >= 0.3 is 0 Å². The predicted octanol–water partition coefficient (Wildman–Crippen LogP) is 1.51. The Bertz CT molecular complexity index is 949. The lowest BCUT2D eigenvalue weighted by Gasteiger charge is -2.00. The standard InChI is InChI=1S/C14H11FN4O4S/c15-9-1-5-11(6-2-9)24(21,22)13-8-4-10(23-13)3-7-12(20)14-16-18-19-17-14/h1-8,12,20H,(H,16,17,18,19). The first-order valence-electron chi connectivity index (χ1n) is 6.67. The number of aliphatic hydroxyl groups excluding tert-OH is 1. The van der Waals surface area contributed by atoms with Gasteiger partial charge in [0.15, 0.2) is 0 Å². The van der Waals surface area contributed by atoms with Gasteiger partial charge in [-0.1, -0.05) is 5.21 Å². The van der Waals surface area contributed by atoms with Gasteiger partial charge in [0.2, 0.25) is 20.8 Å². The highest BCUT2D eigenvalue weighted by molar-refractivity contribution is 7.91. The number of aliphatic hydroxyl groups is 1. The van der Waals surface area contributed by atoms with E-state index in [0.717, 1.165) is 24.3 Å². The van der Waals surface area contributed by atoms with Gasteiger partial charge in [-0.2, -0.15) is 5.21 Å². The second-order valence-corrected chi connectivity index (χ2v) is 6.57. The van der Waals surface area contributed by atoms with Crippen molar-refractivity contribution >= 4 is 15.9 Å². The maximum Gasteiger partial charge on any atom is 0.239 e.